The van der Waals surface area contributed by atoms with Gasteiger partial charge in [-0.15, -0.1) is 0 Å². The zero-order chi connectivity index (χ0) is 14.0. The zero-order valence-corrected chi connectivity index (χ0v) is 12.2. The molecule has 0 radical (unpaired) electrons. The average Bonchev–Trinajstić information content (AvgIpc) is 2.40. The van der Waals surface area contributed by atoms with E-state index in [0.717, 1.165) is 35.3 Å². The van der Waals surface area contributed by atoms with Crippen molar-refractivity contribution < 1.29 is 4.42 Å². The second-order valence-electron chi connectivity index (χ2n) is 4.51. The Labute approximate surface area is 118 Å². The summed E-state index contributed by atoms with van der Waals surface area (Å²) in [5, 5.41) is 0.659. The Balaban J connectivity index is 2.70. The lowest BCUT2D eigenvalue weighted by Crippen LogP contribution is -2.11. The minimum absolute atomic E-state index is 0.270. The second-order valence-corrected chi connectivity index (χ2v) is 4.94. The van der Waals surface area contributed by atoms with Gasteiger partial charge < -0.3 is 4.42 Å². The van der Waals surface area contributed by atoms with E-state index in [0.29, 0.717) is 10.6 Å². The topological polar surface area (TPSA) is 30.2 Å². The number of hydrogen-bond acceptors (Lipinski definition) is 2. The molecular formula is C16H17ClO2. The van der Waals surface area contributed by atoms with Crippen LogP contribution in [0.4, 0.5) is 0 Å². The van der Waals surface area contributed by atoms with E-state index in [9.17, 15) is 4.79 Å². The summed E-state index contributed by atoms with van der Waals surface area (Å²) in [6.07, 6.45) is 1.60. The maximum atomic E-state index is 12.2. The van der Waals surface area contributed by atoms with Crippen LogP contribution in [0, 0.1) is 6.92 Å². The SMILES string of the molecule is CCc1oc(=O)c(-c2ccc(Cl)cc2)c(C)c1CC. The lowest BCUT2D eigenvalue weighted by atomic mass is 9.96. The molecule has 0 aliphatic rings. The monoisotopic (exact) mass is 276 g/mol. The summed E-state index contributed by atoms with van der Waals surface area (Å²) in [6.45, 7) is 6.06. The third kappa shape index (κ3) is 2.59. The van der Waals surface area contributed by atoms with Gasteiger partial charge in [0.05, 0.1) is 5.56 Å². The highest BCUT2D eigenvalue weighted by Crippen LogP contribution is 2.26. The molecule has 0 saturated carbocycles. The fourth-order valence-corrected chi connectivity index (χ4v) is 2.56. The van der Waals surface area contributed by atoms with Crippen molar-refractivity contribution in [3.05, 3.63) is 56.6 Å². The van der Waals surface area contributed by atoms with Gasteiger partial charge in [0.1, 0.15) is 5.76 Å². The average molecular weight is 277 g/mol. The van der Waals surface area contributed by atoms with Gasteiger partial charge in [0.2, 0.25) is 0 Å². The summed E-state index contributed by atoms with van der Waals surface area (Å²) in [5.74, 6) is 0.794. The highest BCUT2D eigenvalue weighted by Gasteiger charge is 2.15. The molecule has 19 heavy (non-hydrogen) atoms. The molecule has 0 unspecified atom stereocenters. The minimum atomic E-state index is -0.270. The van der Waals surface area contributed by atoms with E-state index in [2.05, 4.69) is 6.92 Å². The molecule has 0 bridgehead atoms. The third-order valence-corrected chi connectivity index (χ3v) is 3.64. The van der Waals surface area contributed by atoms with Crippen LogP contribution in [0.3, 0.4) is 0 Å². The smallest absolute Gasteiger partial charge is 0.344 e. The van der Waals surface area contributed by atoms with Crippen molar-refractivity contribution in [2.45, 2.75) is 33.6 Å². The number of benzene rings is 1. The van der Waals surface area contributed by atoms with Crippen molar-refractivity contribution in [2.24, 2.45) is 0 Å². The van der Waals surface area contributed by atoms with Gasteiger partial charge in [-0.05, 0) is 42.2 Å². The molecular weight excluding hydrogens is 260 g/mol. The number of aryl methyl sites for hydroxylation is 1. The van der Waals surface area contributed by atoms with Crippen LogP contribution in [0.25, 0.3) is 11.1 Å². The molecule has 0 aliphatic carbocycles. The fourth-order valence-electron chi connectivity index (χ4n) is 2.44. The Morgan fingerprint density at radius 2 is 1.74 bits per heavy atom. The van der Waals surface area contributed by atoms with Crippen LogP contribution in [0.5, 0.6) is 0 Å². The molecule has 3 heteroatoms. The van der Waals surface area contributed by atoms with E-state index in [4.69, 9.17) is 16.0 Å². The van der Waals surface area contributed by atoms with E-state index >= 15 is 0 Å². The lowest BCUT2D eigenvalue weighted by molar-refractivity contribution is 0.458. The highest BCUT2D eigenvalue weighted by atomic mass is 35.5. The molecule has 100 valence electrons. The molecule has 1 aromatic carbocycles. The van der Waals surface area contributed by atoms with Crippen LogP contribution in [-0.4, -0.2) is 0 Å². The number of rotatable bonds is 3. The van der Waals surface area contributed by atoms with Crippen molar-refractivity contribution >= 4 is 11.6 Å². The summed E-state index contributed by atoms with van der Waals surface area (Å²) in [6, 6.07) is 7.28. The Morgan fingerprint density at radius 1 is 1.11 bits per heavy atom. The van der Waals surface area contributed by atoms with Gasteiger partial charge in [-0.2, -0.15) is 0 Å². The summed E-state index contributed by atoms with van der Waals surface area (Å²) in [7, 11) is 0. The summed E-state index contributed by atoms with van der Waals surface area (Å²) < 4.78 is 5.46. The molecule has 1 heterocycles. The quantitative estimate of drug-likeness (QED) is 0.832. The highest BCUT2D eigenvalue weighted by molar-refractivity contribution is 6.30. The predicted octanol–water partition coefficient (Wildman–Crippen LogP) is 4.39. The van der Waals surface area contributed by atoms with E-state index in [1.807, 2.05) is 26.0 Å². The zero-order valence-electron chi connectivity index (χ0n) is 11.4. The van der Waals surface area contributed by atoms with Gasteiger partial charge in [0.15, 0.2) is 0 Å². The Bertz CT molecular complexity index is 639. The van der Waals surface area contributed by atoms with Gasteiger partial charge >= 0.3 is 5.63 Å². The standard InChI is InChI=1S/C16H17ClO2/c1-4-13-10(3)15(16(18)19-14(13)5-2)11-6-8-12(17)9-7-11/h6-9H,4-5H2,1-3H3. The summed E-state index contributed by atoms with van der Waals surface area (Å²) in [4.78, 5) is 12.2. The van der Waals surface area contributed by atoms with Crippen LogP contribution in [0.1, 0.15) is 30.7 Å². The lowest BCUT2D eigenvalue weighted by Gasteiger charge is -2.12. The molecule has 0 aliphatic heterocycles. The van der Waals surface area contributed by atoms with Crippen LogP contribution in [-0.2, 0) is 12.8 Å². The van der Waals surface area contributed by atoms with Gasteiger partial charge in [0.25, 0.3) is 0 Å². The maximum absolute atomic E-state index is 12.2. The van der Waals surface area contributed by atoms with Crippen molar-refractivity contribution in [3.63, 3.8) is 0 Å². The van der Waals surface area contributed by atoms with Crippen molar-refractivity contribution in [1.82, 2.24) is 0 Å². The predicted molar refractivity (Wildman–Crippen MR) is 78.9 cm³/mol. The van der Waals surface area contributed by atoms with Crippen LogP contribution >= 0.6 is 11.6 Å². The third-order valence-electron chi connectivity index (χ3n) is 3.39. The molecule has 0 fully saturated rings. The van der Waals surface area contributed by atoms with Gasteiger partial charge in [-0.3, -0.25) is 0 Å². The van der Waals surface area contributed by atoms with Crippen LogP contribution in [0.2, 0.25) is 5.02 Å². The molecule has 2 aromatic rings. The van der Waals surface area contributed by atoms with Crippen molar-refractivity contribution in [2.75, 3.05) is 0 Å². The molecule has 0 N–H and O–H groups in total. The van der Waals surface area contributed by atoms with Gasteiger partial charge in [-0.25, -0.2) is 4.79 Å². The molecule has 0 amide bonds. The van der Waals surface area contributed by atoms with Crippen LogP contribution < -0.4 is 5.63 Å². The molecule has 0 atom stereocenters. The maximum Gasteiger partial charge on any atom is 0.344 e. The molecule has 2 nitrogen and oxygen atoms in total. The first kappa shape index (κ1) is 13.9. The van der Waals surface area contributed by atoms with Crippen molar-refractivity contribution in [3.8, 4) is 11.1 Å². The van der Waals surface area contributed by atoms with E-state index in [1.165, 1.54) is 0 Å². The number of halogens is 1. The summed E-state index contributed by atoms with van der Waals surface area (Å²) >= 11 is 5.88. The normalized spacial score (nSPS) is 10.7. The fraction of sp³-hybridized carbons (Fsp3) is 0.312. The van der Waals surface area contributed by atoms with E-state index in [1.54, 1.807) is 12.1 Å². The van der Waals surface area contributed by atoms with E-state index in [-0.39, 0.29) is 5.63 Å². The Kier molecular flexibility index (Phi) is 4.11. The minimum Gasteiger partial charge on any atom is -0.427 e. The van der Waals surface area contributed by atoms with Gasteiger partial charge in [-0.1, -0.05) is 37.6 Å². The molecule has 0 spiro atoms. The first-order valence-electron chi connectivity index (χ1n) is 6.49. The number of hydrogen-bond donors (Lipinski definition) is 0. The molecule has 2 rings (SSSR count). The van der Waals surface area contributed by atoms with Crippen molar-refractivity contribution in [1.29, 1.82) is 0 Å². The first-order chi connectivity index (χ1) is 9.08. The second kappa shape index (κ2) is 5.62. The molecule has 1 aromatic heterocycles. The molecule has 0 saturated heterocycles. The van der Waals surface area contributed by atoms with Crippen LogP contribution in [0.15, 0.2) is 33.5 Å². The summed E-state index contributed by atoms with van der Waals surface area (Å²) in [5.41, 5.74) is 3.37. The van der Waals surface area contributed by atoms with Gasteiger partial charge in [0, 0.05) is 11.4 Å². The largest absolute Gasteiger partial charge is 0.427 e. The Morgan fingerprint density at radius 3 is 2.26 bits per heavy atom. The first-order valence-corrected chi connectivity index (χ1v) is 6.87. The Hall–Kier alpha value is -1.54. The van der Waals surface area contributed by atoms with E-state index < -0.39 is 0 Å².